The summed E-state index contributed by atoms with van der Waals surface area (Å²) >= 11 is 0. The maximum Gasteiger partial charge on any atom is 0.308 e. The van der Waals surface area contributed by atoms with Crippen LogP contribution in [0, 0.1) is 5.82 Å². The average Bonchev–Trinajstić information content (AvgIpc) is 3.36. The van der Waals surface area contributed by atoms with Crippen LogP contribution >= 0.6 is 0 Å². The van der Waals surface area contributed by atoms with Gasteiger partial charge in [-0.25, -0.2) is 14.1 Å². The summed E-state index contributed by atoms with van der Waals surface area (Å²) in [5.41, 5.74) is 4.98. The Kier molecular flexibility index (Phi) is 10.8. The lowest BCUT2D eigenvalue weighted by molar-refractivity contribution is -0.145. The number of carbonyl (C=O) groups excluding carboxylic acids is 1. The second kappa shape index (κ2) is 14.7. The van der Waals surface area contributed by atoms with Gasteiger partial charge in [0, 0.05) is 28.9 Å². The smallest absolute Gasteiger partial charge is 0.308 e. The molecule has 0 bridgehead atoms. The summed E-state index contributed by atoms with van der Waals surface area (Å²) < 4.78 is 20.8. The van der Waals surface area contributed by atoms with Gasteiger partial charge in [0.15, 0.2) is 5.82 Å². The molecule has 0 radical (unpaired) electrons. The van der Waals surface area contributed by atoms with Crippen molar-refractivity contribution in [2.45, 2.75) is 71.0 Å². The van der Waals surface area contributed by atoms with Crippen molar-refractivity contribution < 1.29 is 24.1 Å². The van der Waals surface area contributed by atoms with E-state index in [9.17, 15) is 19.4 Å². The first-order chi connectivity index (χ1) is 20.3. The minimum absolute atomic E-state index is 0.0469. The van der Waals surface area contributed by atoms with E-state index in [1.807, 2.05) is 47.1 Å². The zero-order valence-electron chi connectivity index (χ0n) is 24.3. The average molecular weight is 575 g/mol. The molecule has 4 aromatic rings. The van der Waals surface area contributed by atoms with Crippen molar-refractivity contribution in [2.75, 3.05) is 11.9 Å². The first-order valence-electron chi connectivity index (χ1n) is 14.5. The fourth-order valence-electron chi connectivity index (χ4n) is 4.94. The van der Waals surface area contributed by atoms with Crippen LogP contribution in [0.2, 0.25) is 0 Å². The normalized spacial score (nSPS) is 13.4. The monoisotopic (exact) mass is 574 g/mol. The van der Waals surface area contributed by atoms with Crippen molar-refractivity contribution in [1.29, 1.82) is 0 Å². The molecule has 3 atom stereocenters. The molecule has 4 rings (SSSR count). The van der Waals surface area contributed by atoms with Crippen LogP contribution in [0.15, 0.2) is 72.9 Å². The largest absolute Gasteiger partial charge is 0.466 e. The lowest BCUT2D eigenvalue weighted by atomic mass is 9.92. The van der Waals surface area contributed by atoms with E-state index in [2.05, 4.69) is 24.1 Å². The zero-order valence-corrected chi connectivity index (χ0v) is 24.3. The van der Waals surface area contributed by atoms with Crippen molar-refractivity contribution in [3.63, 3.8) is 0 Å². The number of pyridine rings is 1. The first-order valence-corrected chi connectivity index (χ1v) is 14.5. The Hall–Kier alpha value is -4.08. The summed E-state index contributed by atoms with van der Waals surface area (Å²) in [6, 6.07) is 19.8. The molecule has 0 aliphatic heterocycles. The summed E-state index contributed by atoms with van der Waals surface area (Å²) in [5.74, 6) is -0.118. The van der Waals surface area contributed by atoms with Crippen molar-refractivity contribution in [3.8, 4) is 16.9 Å². The van der Waals surface area contributed by atoms with Gasteiger partial charge in [0.25, 0.3) is 0 Å². The Morgan fingerprint density at radius 2 is 1.76 bits per heavy atom. The van der Waals surface area contributed by atoms with Gasteiger partial charge in [-0.2, -0.15) is 5.10 Å². The minimum Gasteiger partial charge on any atom is -0.466 e. The molecule has 2 aromatic heterocycles. The number of hydrogen-bond donors (Lipinski definition) is 3. The maximum absolute atomic E-state index is 14.0. The quantitative estimate of drug-likeness (QED) is 0.151. The Bertz CT molecular complexity index is 1440. The van der Waals surface area contributed by atoms with Crippen LogP contribution in [-0.2, 0) is 16.0 Å². The molecular weight excluding hydrogens is 535 g/mol. The molecule has 2 aromatic carbocycles. The highest BCUT2D eigenvalue weighted by molar-refractivity contribution is 5.72. The molecular formula is C33H39FN4O4. The van der Waals surface area contributed by atoms with Crippen LogP contribution in [0.5, 0.6) is 0 Å². The molecule has 1 unspecified atom stereocenters. The van der Waals surface area contributed by atoms with Crippen LogP contribution < -0.4 is 5.32 Å². The third-order valence-corrected chi connectivity index (χ3v) is 7.24. The first kappa shape index (κ1) is 30.9. The maximum atomic E-state index is 14.0. The number of hydrogen-bond acceptors (Lipinski definition) is 7. The van der Waals surface area contributed by atoms with E-state index >= 15 is 0 Å². The Labute approximate surface area is 246 Å². The zero-order chi connectivity index (χ0) is 30.1. The van der Waals surface area contributed by atoms with E-state index < -0.39 is 18.2 Å². The Balaban J connectivity index is 1.74. The number of esters is 1. The molecule has 3 N–H and O–H groups in total. The van der Waals surface area contributed by atoms with E-state index in [0.717, 1.165) is 40.3 Å². The van der Waals surface area contributed by atoms with Crippen molar-refractivity contribution >= 4 is 17.5 Å². The molecule has 0 aliphatic carbocycles. The molecule has 9 heteroatoms. The van der Waals surface area contributed by atoms with Gasteiger partial charge in [-0.05, 0) is 81.1 Å². The highest BCUT2D eigenvalue weighted by atomic mass is 19.1. The van der Waals surface area contributed by atoms with E-state index in [-0.39, 0.29) is 31.2 Å². The summed E-state index contributed by atoms with van der Waals surface area (Å²) in [5, 5.41) is 29.7. The third-order valence-electron chi connectivity index (χ3n) is 7.24. The number of ether oxygens (including phenoxy) is 1. The number of halogens is 1. The predicted molar refractivity (Wildman–Crippen MR) is 161 cm³/mol. The highest BCUT2D eigenvalue weighted by Crippen LogP contribution is 2.36. The summed E-state index contributed by atoms with van der Waals surface area (Å²) in [6.07, 6.45) is 1.38. The van der Waals surface area contributed by atoms with Gasteiger partial charge in [-0.3, -0.25) is 4.79 Å². The second-order valence-electron chi connectivity index (χ2n) is 10.4. The number of nitrogens with one attached hydrogen (secondary N) is 1. The molecule has 0 amide bonds. The predicted octanol–water partition coefficient (Wildman–Crippen LogP) is 6.33. The molecule has 2 heterocycles. The van der Waals surface area contributed by atoms with Crippen LogP contribution in [0.1, 0.15) is 63.6 Å². The topological polar surface area (TPSA) is 110 Å². The molecule has 0 spiro atoms. The molecule has 0 saturated heterocycles. The van der Waals surface area contributed by atoms with E-state index in [1.165, 1.54) is 12.1 Å². The fraction of sp³-hybridized carbons (Fsp3) is 0.364. The molecule has 42 heavy (non-hydrogen) atoms. The van der Waals surface area contributed by atoms with Gasteiger partial charge >= 0.3 is 5.97 Å². The van der Waals surface area contributed by atoms with Gasteiger partial charge in [0.2, 0.25) is 0 Å². The number of aromatic nitrogens is 3. The van der Waals surface area contributed by atoms with Gasteiger partial charge in [0.1, 0.15) is 11.5 Å². The summed E-state index contributed by atoms with van der Waals surface area (Å²) in [6.45, 7) is 6.15. The number of para-hydroxylation sites is 1. The van der Waals surface area contributed by atoms with Crippen molar-refractivity contribution in [2.24, 2.45) is 0 Å². The van der Waals surface area contributed by atoms with Crippen LogP contribution in [0.4, 0.5) is 15.9 Å². The lowest BCUT2D eigenvalue weighted by Crippen LogP contribution is -2.22. The van der Waals surface area contributed by atoms with Crippen LogP contribution in [0.3, 0.4) is 0 Å². The second-order valence-corrected chi connectivity index (χ2v) is 10.4. The van der Waals surface area contributed by atoms with Gasteiger partial charge in [-0.15, -0.1) is 0 Å². The van der Waals surface area contributed by atoms with Crippen LogP contribution in [0.25, 0.3) is 16.9 Å². The molecule has 0 fully saturated rings. The highest BCUT2D eigenvalue weighted by Gasteiger charge is 2.26. The standard InChI is InChI=1S/C33H39FN4O4/c1-4-22(3)31-28(18-17-26(39)20-27(40)21-30(41)42-5-2)32(23-13-15-24(34)16-14-23)38(37-31)29-12-9-19-35-33(29)36-25-10-7-6-8-11-25/h6-16,19,22,26-27,39-40H,4-5,17-18,20-21H2,1-3H3,(H,35,36)/t22?,26-,27-/m1/s1. The summed E-state index contributed by atoms with van der Waals surface area (Å²) in [4.78, 5) is 16.4. The Morgan fingerprint density at radius 3 is 2.45 bits per heavy atom. The molecule has 8 nitrogen and oxygen atoms in total. The number of aliphatic hydroxyl groups is 2. The molecule has 0 saturated carbocycles. The summed E-state index contributed by atoms with van der Waals surface area (Å²) in [7, 11) is 0. The van der Waals surface area contributed by atoms with Gasteiger partial charge in [0.05, 0.1) is 36.6 Å². The number of anilines is 2. The number of carbonyl (C=O) groups is 1. The Morgan fingerprint density at radius 1 is 1.02 bits per heavy atom. The molecule has 0 aliphatic rings. The molecule has 222 valence electrons. The van der Waals surface area contributed by atoms with E-state index in [1.54, 1.807) is 25.3 Å². The SMILES string of the molecule is CCOC(=O)C[C@H](O)C[C@H](O)CCc1c(C(C)CC)nn(-c2cccnc2Nc2ccccc2)c1-c1ccc(F)cc1. The van der Waals surface area contributed by atoms with Crippen molar-refractivity contribution in [3.05, 3.63) is 90.0 Å². The fourth-order valence-corrected chi connectivity index (χ4v) is 4.94. The minimum atomic E-state index is -1.01. The van der Waals surface area contributed by atoms with E-state index in [4.69, 9.17) is 9.84 Å². The van der Waals surface area contributed by atoms with Crippen molar-refractivity contribution in [1.82, 2.24) is 14.8 Å². The number of benzene rings is 2. The van der Waals surface area contributed by atoms with Gasteiger partial charge < -0.3 is 20.3 Å². The third kappa shape index (κ3) is 7.80. The van der Waals surface area contributed by atoms with Gasteiger partial charge in [-0.1, -0.05) is 32.0 Å². The lowest BCUT2D eigenvalue weighted by Gasteiger charge is -2.17. The number of rotatable bonds is 14. The van der Waals surface area contributed by atoms with E-state index in [0.29, 0.717) is 18.7 Å². The number of nitrogens with zero attached hydrogens (tertiary/aromatic N) is 3. The number of aliphatic hydroxyl groups excluding tert-OH is 2. The van der Waals surface area contributed by atoms with Crippen LogP contribution in [-0.4, -0.2) is 49.8 Å².